The molecule has 2 N–H and O–H groups in total. The number of nitrogens with zero attached hydrogens (tertiary/aromatic N) is 3. The van der Waals surface area contributed by atoms with Crippen LogP contribution in [0.25, 0.3) is 4.85 Å². The summed E-state index contributed by atoms with van der Waals surface area (Å²) in [4.78, 5) is 70.5. The number of unbranched alkanes of at least 4 members (excludes halogenated alkanes) is 1. The molecule has 0 aromatic heterocycles. The molecule has 2 aromatic rings. The van der Waals surface area contributed by atoms with E-state index in [1.807, 2.05) is 0 Å². The van der Waals surface area contributed by atoms with Crippen molar-refractivity contribution in [2.75, 3.05) is 29.6 Å². The van der Waals surface area contributed by atoms with Gasteiger partial charge in [-0.05, 0) is 135 Å². The first-order valence-corrected chi connectivity index (χ1v) is 18.6. The zero-order chi connectivity index (χ0) is 41.3. The van der Waals surface area contributed by atoms with Gasteiger partial charge in [-0.15, -0.1) is 0 Å². The summed E-state index contributed by atoms with van der Waals surface area (Å²) in [5, 5.41) is 5.70. The van der Waals surface area contributed by atoms with Crippen molar-refractivity contribution in [1.29, 1.82) is 0 Å². The van der Waals surface area contributed by atoms with E-state index in [1.165, 1.54) is 4.90 Å². The number of amides is 3. The van der Waals surface area contributed by atoms with E-state index in [-0.39, 0.29) is 37.1 Å². The number of aryl methyl sites for hydroxylation is 1. The Morgan fingerprint density at radius 1 is 0.927 bits per heavy atom. The van der Waals surface area contributed by atoms with Crippen LogP contribution in [0.1, 0.15) is 85.8 Å². The van der Waals surface area contributed by atoms with E-state index >= 15 is 0 Å². The van der Waals surface area contributed by atoms with Gasteiger partial charge in [0.05, 0.1) is 13.0 Å². The van der Waals surface area contributed by atoms with Crippen molar-refractivity contribution in [3.05, 3.63) is 64.0 Å². The molecule has 0 radical (unpaired) electrons. The van der Waals surface area contributed by atoms with Crippen LogP contribution in [0.4, 0.5) is 26.7 Å². The van der Waals surface area contributed by atoms with E-state index in [2.05, 4.69) is 15.5 Å². The third-order valence-electron chi connectivity index (χ3n) is 8.00. The highest BCUT2D eigenvalue weighted by molar-refractivity contribution is 7.81. The molecule has 16 heteroatoms. The second-order valence-corrected chi connectivity index (χ2v) is 16.1. The molecular formula is C39H50ClN5O9S. The first-order chi connectivity index (χ1) is 25.5. The lowest BCUT2D eigenvalue weighted by Crippen LogP contribution is -2.44. The van der Waals surface area contributed by atoms with Crippen molar-refractivity contribution >= 4 is 76.0 Å². The van der Waals surface area contributed by atoms with Gasteiger partial charge >= 0.3 is 24.1 Å². The number of nitrogens with one attached hydrogen (secondary N) is 2. The van der Waals surface area contributed by atoms with Crippen molar-refractivity contribution in [3.8, 4) is 0 Å². The van der Waals surface area contributed by atoms with Gasteiger partial charge < -0.3 is 34.5 Å². The highest BCUT2D eigenvalue weighted by atomic mass is 35.5. The van der Waals surface area contributed by atoms with Gasteiger partial charge in [0, 0.05) is 22.9 Å². The number of hydrogen-bond acceptors (Lipinski definition) is 10. The Labute approximate surface area is 332 Å². The number of carbonyl (C=O) groups excluding carboxylic acids is 5. The van der Waals surface area contributed by atoms with Crippen LogP contribution >= 0.6 is 23.8 Å². The summed E-state index contributed by atoms with van der Waals surface area (Å²) < 4.78 is 21.2. The summed E-state index contributed by atoms with van der Waals surface area (Å²) in [6.45, 7) is 22.7. The molecule has 55 heavy (non-hydrogen) atoms. The van der Waals surface area contributed by atoms with Crippen LogP contribution in [0.5, 0.6) is 0 Å². The molecule has 0 unspecified atom stereocenters. The van der Waals surface area contributed by atoms with Crippen molar-refractivity contribution in [2.45, 2.75) is 111 Å². The molecule has 3 amide bonds. The number of esters is 2. The zero-order valence-electron chi connectivity index (χ0n) is 32.8. The maximum Gasteiger partial charge on any atom is 0.408 e. The molecule has 298 valence electrons. The highest BCUT2D eigenvalue weighted by Gasteiger charge is 2.50. The third-order valence-corrected chi connectivity index (χ3v) is 8.74. The quantitative estimate of drug-likeness (QED) is 0.0648. The van der Waals surface area contributed by atoms with Gasteiger partial charge in [-0.3, -0.25) is 14.5 Å². The van der Waals surface area contributed by atoms with Crippen LogP contribution in [-0.4, -0.2) is 77.7 Å². The molecule has 0 aliphatic carbocycles. The Hall–Kier alpha value is -4.94. The van der Waals surface area contributed by atoms with E-state index in [0.717, 1.165) is 0 Å². The number of carbonyl (C=O) groups is 5. The number of rotatable bonds is 14. The molecule has 1 saturated heterocycles. The Bertz CT molecular complexity index is 1830. The molecule has 0 spiro atoms. The van der Waals surface area contributed by atoms with Crippen molar-refractivity contribution in [1.82, 2.24) is 10.6 Å². The Balaban J connectivity index is 1.59. The molecule has 2 aromatic carbocycles. The van der Waals surface area contributed by atoms with Crippen LogP contribution in [0.15, 0.2) is 36.4 Å². The molecule has 14 nitrogen and oxygen atoms in total. The van der Waals surface area contributed by atoms with Gasteiger partial charge in [-0.1, -0.05) is 17.7 Å². The number of hydrogen-bond donors (Lipinski definition) is 2. The van der Waals surface area contributed by atoms with Crippen LogP contribution in [-0.2, 0) is 39.8 Å². The monoisotopic (exact) mass is 799 g/mol. The maximum atomic E-state index is 13.7. The average Bonchev–Trinajstić information content (AvgIpc) is 3.23. The van der Waals surface area contributed by atoms with Gasteiger partial charge in [0.25, 0.3) is 5.91 Å². The molecule has 0 bridgehead atoms. The Morgan fingerprint density at radius 2 is 1.55 bits per heavy atom. The Morgan fingerprint density at radius 3 is 2.16 bits per heavy atom. The minimum atomic E-state index is -1.09. The second kappa shape index (κ2) is 18.6. The third kappa shape index (κ3) is 12.8. The summed E-state index contributed by atoms with van der Waals surface area (Å²) in [6.07, 6.45) is -0.449. The standard InChI is InChI=1S/C39H50ClN5O9S/c1-24-21-26(15-17-29(24)41-10)44-33(48)39(8,9)45(36(44)55)27-14-16-28(40)25(22-27)23-31(46)51-19-20-52-32(47)30(43-35(50)54-38(5,6)7)13-11-12-18-42-34(49)53-37(2,3)4/h14-17,21-22,30H,11-13,18-20,23H2,1-9H3,(H,42,49)(H,43,50)/t30-/m0/s1. The van der Waals surface area contributed by atoms with Crippen molar-refractivity contribution in [3.63, 3.8) is 0 Å². The van der Waals surface area contributed by atoms with Gasteiger partial charge in [-0.2, -0.15) is 0 Å². The fraction of sp³-hybridized carbons (Fsp3) is 0.513. The minimum absolute atomic E-state index is 0.192. The molecule has 1 heterocycles. The smallest absolute Gasteiger partial charge is 0.408 e. The SMILES string of the molecule is [C-]#[N+]c1ccc(N2C(=O)C(C)(C)N(c3ccc(Cl)c(CC(=O)OCCOC(=O)[C@H](CCCCNC(=O)OC(C)(C)C)NC(=O)OC(C)(C)C)c3)C2=S)cc1C. The molecular weight excluding hydrogens is 750 g/mol. The maximum absolute atomic E-state index is 13.7. The Kier molecular flexibility index (Phi) is 15.0. The van der Waals surface area contributed by atoms with Crippen molar-refractivity contribution in [2.24, 2.45) is 0 Å². The topological polar surface area (TPSA) is 157 Å². The molecule has 1 aliphatic rings. The van der Waals surface area contributed by atoms with E-state index in [9.17, 15) is 24.0 Å². The lowest BCUT2D eigenvalue weighted by molar-refractivity contribution is -0.153. The fourth-order valence-corrected chi connectivity index (χ4v) is 6.18. The van der Waals surface area contributed by atoms with Crippen LogP contribution in [0.3, 0.4) is 0 Å². The lowest BCUT2D eigenvalue weighted by atomic mass is 10.0. The largest absolute Gasteiger partial charge is 0.462 e. The van der Waals surface area contributed by atoms with E-state index < -0.39 is 46.9 Å². The number of ether oxygens (including phenoxy) is 4. The molecule has 1 aliphatic heterocycles. The molecule has 3 rings (SSSR count). The number of anilines is 2. The minimum Gasteiger partial charge on any atom is -0.462 e. The van der Waals surface area contributed by atoms with Crippen LogP contribution < -0.4 is 20.4 Å². The molecule has 0 saturated carbocycles. The van der Waals surface area contributed by atoms with E-state index in [4.69, 9.17) is 49.3 Å². The normalized spacial score (nSPS) is 14.5. The van der Waals surface area contributed by atoms with E-state index in [0.29, 0.717) is 52.6 Å². The lowest BCUT2D eigenvalue weighted by Gasteiger charge is -2.30. The summed E-state index contributed by atoms with van der Waals surface area (Å²) >= 11 is 12.3. The summed E-state index contributed by atoms with van der Waals surface area (Å²) in [6, 6.07) is 8.98. The van der Waals surface area contributed by atoms with Crippen molar-refractivity contribution < 1.29 is 42.9 Å². The molecule has 1 fully saturated rings. The summed E-state index contributed by atoms with van der Waals surface area (Å²) in [7, 11) is 0. The second-order valence-electron chi connectivity index (χ2n) is 15.4. The average molecular weight is 800 g/mol. The number of benzene rings is 2. The highest BCUT2D eigenvalue weighted by Crippen LogP contribution is 2.38. The van der Waals surface area contributed by atoms with Gasteiger partial charge in [-0.25, -0.2) is 19.2 Å². The fourth-order valence-electron chi connectivity index (χ4n) is 5.48. The number of halogens is 1. The summed E-state index contributed by atoms with van der Waals surface area (Å²) in [5.41, 5.74) is 0.148. The predicted molar refractivity (Wildman–Crippen MR) is 212 cm³/mol. The van der Waals surface area contributed by atoms with E-state index in [1.54, 1.807) is 104 Å². The number of alkyl carbamates (subject to hydrolysis) is 2. The van der Waals surface area contributed by atoms with Gasteiger partial charge in [0.1, 0.15) is 36.0 Å². The molecule has 1 atom stereocenters. The number of thiocarbonyl (C=S) groups is 1. The zero-order valence-corrected chi connectivity index (χ0v) is 34.4. The van der Waals surface area contributed by atoms with Crippen LogP contribution in [0.2, 0.25) is 5.02 Å². The first kappa shape index (κ1) is 44.5. The first-order valence-electron chi connectivity index (χ1n) is 17.8. The predicted octanol–water partition coefficient (Wildman–Crippen LogP) is 7.33. The van der Waals surface area contributed by atoms with Crippen LogP contribution in [0, 0.1) is 13.5 Å². The summed E-state index contributed by atoms with van der Waals surface area (Å²) in [5.74, 6) is -1.66. The van der Waals surface area contributed by atoms with Gasteiger partial charge in [0.15, 0.2) is 10.8 Å². The van der Waals surface area contributed by atoms with Gasteiger partial charge in [0.2, 0.25) is 0 Å².